The van der Waals surface area contributed by atoms with Crippen LogP contribution in [0, 0.1) is 11.8 Å². The molecule has 0 heterocycles. The van der Waals surface area contributed by atoms with Crippen LogP contribution in [0.4, 0.5) is 0 Å². The number of Topliss-reactive ketones (excluding diaryl/α,β-unsaturated/α-hetero) is 1. The van der Waals surface area contributed by atoms with Crippen molar-refractivity contribution in [2.24, 2.45) is 11.8 Å². The van der Waals surface area contributed by atoms with Crippen molar-refractivity contribution in [3.05, 3.63) is 0 Å². The van der Waals surface area contributed by atoms with E-state index in [0.717, 1.165) is 37.8 Å². The normalized spacial score (nSPS) is 25.8. The van der Waals surface area contributed by atoms with Gasteiger partial charge in [-0.2, -0.15) is 0 Å². The lowest BCUT2D eigenvalue weighted by atomic mass is 10.0. The molecule has 2 saturated carbocycles. The Hall–Kier alpha value is -0.370. The fourth-order valence-corrected chi connectivity index (χ4v) is 3.48. The molecule has 0 amide bonds. The number of hydrogen-bond acceptors (Lipinski definition) is 2. The molecule has 2 nitrogen and oxygen atoms in total. The molecule has 2 aliphatic rings. The first-order valence-corrected chi connectivity index (χ1v) is 7.93. The second-order valence-corrected chi connectivity index (χ2v) is 6.67. The lowest BCUT2D eigenvalue weighted by molar-refractivity contribution is -0.121. The summed E-state index contributed by atoms with van der Waals surface area (Å²) in [5, 5.41) is 0. The Kier molecular flexibility index (Phi) is 5.23. The number of nitrogens with zero attached hydrogens (tertiary/aromatic N) is 1. The highest BCUT2D eigenvalue weighted by atomic mass is 16.1. The van der Waals surface area contributed by atoms with E-state index in [9.17, 15) is 4.79 Å². The highest BCUT2D eigenvalue weighted by Gasteiger charge is 2.30. The fraction of sp³-hybridized carbons (Fsp3) is 0.938. The second kappa shape index (κ2) is 6.70. The van der Waals surface area contributed by atoms with Crippen LogP contribution in [-0.2, 0) is 4.79 Å². The lowest BCUT2D eigenvalue weighted by Gasteiger charge is -2.31. The maximum Gasteiger partial charge on any atom is 0.137 e. The van der Waals surface area contributed by atoms with Crippen molar-refractivity contribution in [2.75, 3.05) is 13.1 Å². The molecule has 0 N–H and O–H groups in total. The van der Waals surface area contributed by atoms with Crippen molar-refractivity contribution < 1.29 is 4.79 Å². The number of rotatable bonds is 6. The molecule has 0 aromatic carbocycles. The summed E-state index contributed by atoms with van der Waals surface area (Å²) in [5.74, 6) is 1.66. The summed E-state index contributed by atoms with van der Waals surface area (Å²) in [5.41, 5.74) is 0. The number of carbonyl (C=O) groups is 1. The highest BCUT2D eigenvalue weighted by Crippen LogP contribution is 2.28. The van der Waals surface area contributed by atoms with Gasteiger partial charge in [0, 0.05) is 24.9 Å². The van der Waals surface area contributed by atoms with Crippen LogP contribution in [-0.4, -0.2) is 29.8 Å². The summed E-state index contributed by atoms with van der Waals surface area (Å²) in [6.45, 7) is 6.85. The predicted octanol–water partition coefficient (Wildman–Crippen LogP) is 3.65. The molecule has 2 heteroatoms. The van der Waals surface area contributed by atoms with Crippen LogP contribution in [0.15, 0.2) is 0 Å². The maximum atomic E-state index is 11.8. The third-order valence-corrected chi connectivity index (χ3v) is 4.72. The Bertz CT molecular complexity index is 268. The molecule has 2 fully saturated rings. The molecule has 0 spiro atoms. The summed E-state index contributed by atoms with van der Waals surface area (Å²) in [4.78, 5) is 14.5. The van der Waals surface area contributed by atoms with Gasteiger partial charge in [0.25, 0.3) is 0 Å². The van der Waals surface area contributed by atoms with E-state index in [1.54, 1.807) is 0 Å². The SMILES string of the molecule is CC(C)CCN(CC1CCCC1=O)C1CCCC1. The second-order valence-electron chi connectivity index (χ2n) is 6.67. The van der Waals surface area contributed by atoms with Crippen LogP contribution < -0.4 is 0 Å². The Labute approximate surface area is 112 Å². The lowest BCUT2D eigenvalue weighted by Crippen LogP contribution is -2.39. The van der Waals surface area contributed by atoms with Crippen molar-refractivity contribution in [3.63, 3.8) is 0 Å². The Morgan fingerprint density at radius 2 is 1.89 bits per heavy atom. The van der Waals surface area contributed by atoms with Gasteiger partial charge in [-0.3, -0.25) is 9.69 Å². The molecule has 18 heavy (non-hydrogen) atoms. The van der Waals surface area contributed by atoms with Crippen LogP contribution in [0.2, 0.25) is 0 Å². The average molecular weight is 251 g/mol. The molecule has 2 rings (SSSR count). The van der Waals surface area contributed by atoms with Gasteiger partial charge in [-0.05, 0) is 44.6 Å². The van der Waals surface area contributed by atoms with Gasteiger partial charge in [-0.15, -0.1) is 0 Å². The van der Waals surface area contributed by atoms with Crippen molar-refractivity contribution in [1.82, 2.24) is 4.90 Å². The first-order valence-electron chi connectivity index (χ1n) is 7.93. The third-order valence-electron chi connectivity index (χ3n) is 4.72. The van der Waals surface area contributed by atoms with Gasteiger partial charge < -0.3 is 0 Å². The summed E-state index contributed by atoms with van der Waals surface area (Å²) >= 11 is 0. The van der Waals surface area contributed by atoms with E-state index in [4.69, 9.17) is 0 Å². The van der Waals surface area contributed by atoms with E-state index in [-0.39, 0.29) is 0 Å². The largest absolute Gasteiger partial charge is 0.300 e. The van der Waals surface area contributed by atoms with Gasteiger partial charge in [-0.25, -0.2) is 0 Å². The Morgan fingerprint density at radius 3 is 2.44 bits per heavy atom. The minimum absolute atomic E-state index is 0.359. The van der Waals surface area contributed by atoms with Gasteiger partial charge in [0.2, 0.25) is 0 Å². The molecule has 0 aliphatic heterocycles. The summed E-state index contributed by atoms with van der Waals surface area (Å²) in [7, 11) is 0. The topological polar surface area (TPSA) is 20.3 Å². The van der Waals surface area contributed by atoms with Gasteiger partial charge in [0.1, 0.15) is 5.78 Å². The van der Waals surface area contributed by atoms with Crippen LogP contribution in [0.1, 0.15) is 65.2 Å². The van der Waals surface area contributed by atoms with E-state index >= 15 is 0 Å². The van der Waals surface area contributed by atoms with Crippen molar-refractivity contribution in [2.45, 2.75) is 71.3 Å². The van der Waals surface area contributed by atoms with E-state index in [2.05, 4.69) is 18.7 Å². The van der Waals surface area contributed by atoms with Gasteiger partial charge in [0.15, 0.2) is 0 Å². The molecular weight excluding hydrogens is 222 g/mol. The highest BCUT2D eigenvalue weighted by molar-refractivity contribution is 5.83. The van der Waals surface area contributed by atoms with Crippen LogP contribution in [0.5, 0.6) is 0 Å². The van der Waals surface area contributed by atoms with Gasteiger partial charge in [-0.1, -0.05) is 26.7 Å². The zero-order chi connectivity index (χ0) is 13.0. The van der Waals surface area contributed by atoms with Gasteiger partial charge >= 0.3 is 0 Å². The molecule has 0 bridgehead atoms. The Balaban J connectivity index is 1.88. The number of ketones is 1. The number of hydrogen-bond donors (Lipinski definition) is 0. The van der Waals surface area contributed by atoms with Crippen molar-refractivity contribution in [3.8, 4) is 0 Å². The molecule has 0 aromatic rings. The quantitative estimate of drug-likeness (QED) is 0.718. The van der Waals surface area contributed by atoms with E-state index in [1.807, 2.05) is 0 Å². The Morgan fingerprint density at radius 1 is 1.17 bits per heavy atom. The molecule has 2 aliphatic carbocycles. The molecular formula is C16H29NO. The van der Waals surface area contributed by atoms with E-state index in [1.165, 1.54) is 38.6 Å². The van der Waals surface area contributed by atoms with E-state index in [0.29, 0.717) is 11.7 Å². The minimum Gasteiger partial charge on any atom is -0.300 e. The van der Waals surface area contributed by atoms with Crippen LogP contribution in [0.3, 0.4) is 0 Å². The fourth-order valence-electron chi connectivity index (χ4n) is 3.48. The molecule has 0 radical (unpaired) electrons. The first kappa shape index (κ1) is 14.0. The maximum absolute atomic E-state index is 11.8. The molecule has 104 valence electrons. The summed E-state index contributed by atoms with van der Waals surface area (Å²) in [6, 6.07) is 0.775. The average Bonchev–Trinajstić information content (AvgIpc) is 2.96. The zero-order valence-corrected chi connectivity index (χ0v) is 12.2. The molecule has 0 saturated heterocycles. The summed E-state index contributed by atoms with van der Waals surface area (Å²) < 4.78 is 0. The van der Waals surface area contributed by atoms with Crippen molar-refractivity contribution in [1.29, 1.82) is 0 Å². The smallest absolute Gasteiger partial charge is 0.137 e. The van der Waals surface area contributed by atoms with Crippen LogP contribution >= 0.6 is 0 Å². The molecule has 1 atom stereocenters. The molecule has 1 unspecified atom stereocenters. The minimum atomic E-state index is 0.359. The van der Waals surface area contributed by atoms with Crippen molar-refractivity contribution >= 4 is 5.78 Å². The standard InChI is InChI=1S/C16H29NO/c1-13(2)10-11-17(15-7-3-4-8-15)12-14-6-5-9-16(14)18/h13-15H,3-12H2,1-2H3. The number of carbonyl (C=O) groups excluding carboxylic acids is 1. The summed E-state index contributed by atoms with van der Waals surface area (Å²) in [6.07, 6.45) is 9.89. The first-order chi connectivity index (χ1) is 8.66. The monoisotopic (exact) mass is 251 g/mol. The zero-order valence-electron chi connectivity index (χ0n) is 12.2. The third kappa shape index (κ3) is 3.81. The van der Waals surface area contributed by atoms with E-state index < -0.39 is 0 Å². The molecule has 0 aromatic heterocycles. The van der Waals surface area contributed by atoms with Gasteiger partial charge in [0.05, 0.1) is 0 Å². The predicted molar refractivity (Wildman–Crippen MR) is 75.6 cm³/mol. The van der Waals surface area contributed by atoms with Crippen LogP contribution in [0.25, 0.3) is 0 Å².